The molecule has 2 bridgehead atoms. The van der Waals surface area contributed by atoms with Crippen molar-refractivity contribution in [1.29, 1.82) is 0 Å². The van der Waals surface area contributed by atoms with Crippen LogP contribution in [0.2, 0.25) is 0 Å². The smallest absolute Gasteiger partial charge is 0.407 e. The van der Waals surface area contributed by atoms with Crippen molar-refractivity contribution in [2.45, 2.75) is 43.8 Å². The minimum atomic E-state index is -1.26. The minimum absolute atomic E-state index is 0.205. The summed E-state index contributed by atoms with van der Waals surface area (Å²) in [5.41, 5.74) is 5.80. The van der Waals surface area contributed by atoms with E-state index in [-0.39, 0.29) is 18.1 Å². The lowest BCUT2D eigenvalue weighted by molar-refractivity contribution is -0.134. The number of nitrogens with two attached hydrogens (primary N) is 1. The fourth-order valence-corrected chi connectivity index (χ4v) is 2.67. The molecule has 2 aliphatic rings. The second-order valence-electron chi connectivity index (χ2n) is 4.82. The van der Waals surface area contributed by atoms with Crippen molar-refractivity contribution in [3.05, 3.63) is 12.2 Å². The summed E-state index contributed by atoms with van der Waals surface area (Å²) in [4.78, 5) is 31.5. The first-order valence-corrected chi connectivity index (χ1v) is 6.22. The van der Waals surface area contributed by atoms with Gasteiger partial charge in [0.1, 0.15) is 0 Å². The molecule has 0 aliphatic carbocycles. The highest BCUT2D eigenvalue weighted by atomic mass is 16.4. The van der Waals surface area contributed by atoms with Gasteiger partial charge < -0.3 is 26.0 Å². The van der Waals surface area contributed by atoms with E-state index in [0.29, 0.717) is 12.2 Å². The van der Waals surface area contributed by atoms with Gasteiger partial charge in [0.25, 0.3) is 0 Å². The van der Waals surface area contributed by atoms with Crippen LogP contribution in [0.4, 0.5) is 4.79 Å². The number of piperidine rings is 1. The van der Waals surface area contributed by atoms with E-state index in [0.717, 1.165) is 25.7 Å². The zero-order valence-electron chi connectivity index (χ0n) is 10.8. The second-order valence-corrected chi connectivity index (χ2v) is 4.82. The van der Waals surface area contributed by atoms with Gasteiger partial charge in [0.2, 0.25) is 0 Å². The third-order valence-corrected chi connectivity index (χ3v) is 3.36. The average molecular weight is 286 g/mol. The number of carbonyl (C=O) groups is 3. The Morgan fingerprint density at radius 2 is 1.35 bits per heavy atom. The number of rotatable bonds is 2. The maximum Gasteiger partial charge on any atom is 0.407 e. The molecule has 0 aromatic rings. The van der Waals surface area contributed by atoms with Crippen molar-refractivity contribution in [3.63, 3.8) is 0 Å². The van der Waals surface area contributed by atoms with E-state index in [2.05, 4.69) is 0 Å². The first-order valence-electron chi connectivity index (χ1n) is 6.22. The molecule has 1 unspecified atom stereocenters. The van der Waals surface area contributed by atoms with Gasteiger partial charge in [0.05, 0.1) is 0 Å². The molecule has 2 fully saturated rings. The van der Waals surface area contributed by atoms with Crippen molar-refractivity contribution in [2.24, 2.45) is 5.73 Å². The quantitative estimate of drug-likeness (QED) is 0.536. The first-order chi connectivity index (χ1) is 9.31. The number of fused-ring (bicyclic) bond motifs is 2. The van der Waals surface area contributed by atoms with Crippen LogP contribution in [0.5, 0.6) is 0 Å². The van der Waals surface area contributed by atoms with Crippen LogP contribution < -0.4 is 5.73 Å². The molecule has 8 nitrogen and oxygen atoms in total. The van der Waals surface area contributed by atoms with Crippen molar-refractivity contribution in [2.75, 3.05) is 0 Å². The van der Waals surface area contributed by atoms with E-state index in [1.807, 2.05) is 0 Å². The van der Waals surface area contributed by atoms with E-state index >= 15 is 0 Å². The molecule has 0 aromatic heterocycles. The van der Waals surface area contributed by atoms with Gasteiger partial charge in [0, 0.05) is 30.3 Å². The van der Waals surface area contributed by atoms with Gasteiger partial charge in [-0.3, -0.25) is 0 Å². The average Bonchev–Trinajstić information content (AvgIpc) is 2.60. The lowest BCUT2D eigenvalue weighted by Gasteiger charge is -2.35. The summed E-state index contributed by atoms with van der Waals surface area (Å²) in [6.07, 6.45) is 4.06. The van der Waals surface area contributed by atoms with E-state index in [1.165, 1.54) is 0 Å². The van der Waals surface area contributed by atoms with E-state index < -0.39 is 18.0 Å². The van der Waals surface area contributed by atoms with Crippen LogP contribution in [0.25, 0.3) is 0 Å². The highest BCUT2D eigenvalue weighted by molar-refractivity contribution is 5.89. The van der Waals surface area contributed by atoms with Crippen LogP contribution in [0, 0.1) is 0 Å². The van der Waals surface area contributed by atoms with Crippen molar-refractivity contribution < 1.29 is 29.7 Å². The van der Waals surface area contributed by atoms with Crippen LogP contribution in [0.3, 0.4) is 0 Å². The molecule has 2 rings (SSSR count). The fourth-order valence-electron chi connectivity index (χ4n) is 2.67. The van der Waals surface area contributed by atoms with E-state index in [1.54, 1.807) is 4.90 Å². The topological polar surface area (TPSA) is 141 Å². The van der Waals surface area contributed by atoms with Gasteiger partial charge in [-0.25, -0.2) is 14.4 Å². The molecule has 2 saturated heterocycles. The highest BCUT2D eigenvalue weighted by Crippen LogP contribution is 2.34. The molecular formula is C12H18N2O6. The normalized spacial score (nSPS) is 27.9. The van der Waals surface area contributed by atoms with Crippen LogP contribution >= 0.6 is 0 Å². The van der Waals surface area contributed by atoms with Crippen LogP contribution in [0.15, 0.2) is 12.2 Å². The number of hydrogen-bond donors (Lipinski definition) is 4. The Balaban J connectivity index is 0.000000221. The maximum atomic E-state index is 10.8. The molecule has 0 aromatic carbocycles. The summed E-state index contributed by atoms with van der Waals surface area (Å²) in [7, 11) is 0. The third-order valence-electron chi connectivity index (χ3n) is 3.36. The standard InChI is InChI=1S/C8H14N2O2.C4H4O4/c9-5-3-6-1-2-7(4-5)10(6)8(11)12;5-3(6)1-2-4(7)8/h5-7H,1-4,9H2,(H,11,12);1-2H,(H,5,6)(H,7,8)/b;2-1+/t5?,6-,7+;. The molecule has 2 heterocycles. The van der Waals surface area contributed by atoms with Gasteiger partial charge in [-0.2, -0.15) is 0 Å². The molecule has 0 radical (unpaired) electrons. The SMILES string of the molecule is NC1C[C@H]2CC[C@@H](C1)N2C(=O)O.O=C(O)/C=C/C(=O)O. The van der Waals surface area contributed by atoms with E-state index in [9.17, 15) is 14.4 Å². The number of hydrogen-bond acceptors (Lipinski definition) is 4. The molecule has 2 aliphatic heterocycles. The Kier molecular flexibility index (Phi) is 5.51. The molecular weight excluding hydrogens is 268 g/mol. The van der Waals surface area contributed by atoms with Crippen LogP contribution in [-0.4, -0.2) is 56.4 Å². The molecule has 3 atom stereocenters. The van der Waals surface area contributed by atoms with Crippen molar-refractivity contribution >= 4 is 18.0 Å². The molecule has 5 N–H and O–H groups in total. The summed E-state index contributed by atoms with van der Waals surface area (Å²) in [5.74, 6) is -2.51. The number of carboxylic acids is 2. The zero-order chi connectivity index (χ0) is 15.3. The maximum absolute atomic E-state index is 10.8. The Labute approximate surface area is 115 Å². The highest BCUT2D eigenvalue weighted by Gasteiger charge is 2.42. The largest absolute Gasteiger partial charge is 0.478 e. The lowest BCUT2D eigenvalue weighted by atomic mass is 9.99. The molecule has 8 heteroatoms. The molecule has 20 heavy (non-hydrogen) atoms. The van der Waals surface area contributed by atoms with E-state index in [4.69, 9.17) is 21.1 Å². The van der Waals surface area contributed by atoms with Gasteiger partial charge in [-0.05, 0) is 25.7 Å². The summed E-state index contributed by atoms with van der Waals surface area (Å²) >= 11 is 0. The van der Waals surface area contributed by atoms with Crippen LogP contribution in [0.1, 0.15) is 25.7 Å². The van der Waals surface area contributed by atoms with Gasteiger partial charge >= 0.3 is 18.0 Å². The number of nitrogens with zero attached hydrogens (tertiary/aromatic N) is 1. The Morgan fingerprint density at radius 1 is 0.950 bits per heavy atom. The summed E-state index contributed by atoms with van der Waals surface area (Å²) in [6.45, 7) is 0. The number of carboxylic acid groups (broad SMARTS) is 3. The summed E-state index contributed by atoms with van der Waals surface area (Å²) in [5, 5.41) is 24.5. The Morgan fingerprint density at radius 3 is 1.65 bits per heavy atom. The first kappa shape index (κ1) is 16.0. The van der Waals surface area contributed by atoms with Crippen molar-refractivity contribution in [1.82, 2.24) is 4.90 Å². The Bertz CT molecular complexity index is 392. The predicted molar refractivity (Wildman–Crippen MR) is 68.3 cm³/mol. The number of amides is 1. The zero-order valence-corrected chi connectivity index (χ0v) is 10.8. The number of aliphatic carboxylic acids is 2. The molecule has 112 valence electrons. The second kappa shape index (κ2) is 6.90. The predicted octanol–water partition coefficient (Wildman–Crippen LogP) is 0.330. The van der Waals surface area contributed by atoms with Gasteiger partial charge in [-0.15, -0.1) is 0 Å². The van der Waals surface area contributed by atoms with Crippen LogP contribution in [-0.2, 0) is 9.59 Å². The lowest BCUT2D eigenvalue weighted by Crippen LogP contribution is -2.49. The Hall–Kier alpha value is -2.09. The monoisotopic (exact) mass is 286 g/mol. The molecule has 1 amide bonds. The van der Waals surface area contributed by atoms with Gasteiger partial charge in [-0.1, -0.05) is 0 Å². The summed E-state index contributed by atoms with van der Waals surface area (Å²) < 4.78 is 0. The fraction of sp³-hybridized carbons (Fsp3) is 0.583. The summed E-state index contributed by atoms with van der Waals surface area (Å²) in [6, 6.07) is 0.630. The molecule has 0 saturated carbocycles. The van der Waals surface area contributed by atoms with Crippen molar-refractivity contribution in [3.8, 4) is 0 Å². The van der Waals surface area contributed by atoms with Gasteiger partial charge in [0.15, 0.2) is 0 Å². The third kappa shape index (κ3) is 4.54. The molecule has 0 spiro atoms. The minimum Gasteiger partial charge on any atom is -0.478 e.